The Morgan fingerprint density at radius 2 is 1.70 bits per heavy atom. The molecule has 1 aromatic heterocycles. The fraction of sp³-hybridized carbons (Fsp3) is 0.464. The number of carbonyl (C=O) groups is 1. The van der Waals surface area contributed by atoms with Crippen LogP contribution in [0.1, 0.15) is 43.8 Å². The first-order valence-corrected chi connectivity index (χ1v) is 13.3. The number of aromatic nitrogens is 3. The number of rotatable bonds is 7. The maximum atomic E-state index is 12.7. The normalized spacial score (nSPS) is 25.5. The minimum absolute atomic E-state index is 0.0374. The molecule has 0 spiro atoms. The van der Waals surface area contributed by atoms with Crippen molar-refractivity contribution in [1.29, 1.82) is 0 Å². The molecule has 2 aromatic carbocycles. The molecule has 1 saturated carbocycles. The van der Waals surface area contributed by atoms with Gasteiger partial charge in [0.2, 0.25) is 0 Å². The Labute approximate surface area is 216 Å². The number of nitrogens with zero attached hydrogens (tertiary/aromatic N) is 3. The van der Waals surface area contributed by atoms with Crippen LogP contribution in [0.15, 0.2) is 60.8 Å². The molecule has 6 rings (SSSR count). The van der Waals surface area contributed by atoms with Crippen LogP contribution in [0.3, 0.4) is 0 Å². The SMILES string of the molecule is O=C(Nc1ccc(Oc2ccccc2)cc1)N[C@H]1CO[C@H]2[C@@H]1OC[C@@H]2n1cc(CC2CCCCC2)nn1. The lowest BCUT2D eigenvalue weighted by molar-refractivity contribution is 0.0622. The highest BCUT2D eigenvalue weighted by molar-refractivity contribution is 5.89. The average molecular weight is 504 g/mol. The quantitative estimate of drug-likeness (QED) is 0.484. The minimum Gasteiger partial charge on any atom is -0.457 e. The maximum absolute atomic E-state index is 12.7. The molecule has 37 heavy (non-hydrogen) atoms. The fourth-order valence-corrected chi connectivity index (χ4v) is 5.65. The van der Waals surface area contributed by atoms with Crippen LogP contribution in [0, 0.1) is 5.92 Å². The molecule has 3 fully saturated rings. The van der Waals surface area contributed by atoms with Crippen molar-refractivity contribution in [2.24, 2.45) is 5.92 Å². The van der Waals surface area contributed by atoms with Crippen LogP contribution in [0.5, 0.6) is 11.5 Å². The molecule has 1 aliphatic carbocycles. The number of carbonyl (C=O) groups excluding carboxylic acids is 1. The Morgan fingerprint density at radius 1 is 0.946 bits per heavy atom. The van der Waals surface area contributed by atoms with Gasteiger partial charge in [0.1, 0.15) is 29.7 Å². The van der Waals surface area contributed by atoms with E-state index in [2.05, 4.69) is 20.9 Å². The summed E-state index contributed by atoms with van der Waals surface area (Å²) in [5, 5.41) is 14.7. The Bertz CT molecular complexity index is 1180. The van der Waals surface area contributed by atoms with Gasteiger partial charge in [0, 0.05) is 11.9 Å². The predicted molar refractivity (Wildman–Crippen MR) is 138 cm³/mol. The molecule has 2 N–H and O–H groups in total. The van der Waals surface area contributed by atoms with Crippen molar-refractivity contribution in [2.75, 3.05) is 18.5 Å². The third-order valence-electron chi connectivity index (χ3n) is 7.55. The maximum Gasteiger partial charge on any atom is 0.319 e. The van der Waals surface area contributed by atoms with Gasteiger partial charge in [0.15, 0.2) is 0 Å². The van der Waals surface area contributed by atoms with Gasteiger partial charge in [-0.15, -0.1) is 5.10 Å². The smallest absolute Gasteiger partial charge is 0.319 e. The van der Waals surface area contributed by atoms with Gasteiger partial charge < -0.3 is 24.8 Å². The molecule has 2 amide bonds. The summed E-state index contributed by atoms with van der Waals surface area (Å²) in [6, 6.07) is 16.3. The van der Waals surface area contributed by atoms with Crippen molar-refractivity contribution < 1.29 is 19.0 Å². The lowest BCUT2D eigenvalue weighted by atomic mass is 9.86. The number of urea groups is 1. The summed E-state index contributed by atoms with van der Waals surface area (Å²) in [6.07, 6.45) is 9.23. The Morgan fingerprint density at radius 3 is 2.51 bits per heavy atom. The second-order valence-electron chi connectivity index (χ2n) is 10.2. The zero-order valence-electron chi connectivity index (χ0n) is 20.8. The number of benzene rings is 2. The predicted octanol–water partition coefficient (Wildman–Crippen LogP) is 4.72. The summed E-state index contributed by atoms with van der Waals surface area (Å²) < 4.78 is 19.8. The molecular weight excluding hydrogens is 470 g/mol. The van der Waals surface area contributed by atoms with Gasteiger partial charge in [-0.05, 0) is 48.7 Å². The highest BCUT2D eigenvalue weighted by Gasteiger charge is 2.49. The van der Waals surface area contributed by atoms with E-state index < -0.39 is 0 Å². The molecule has 2 aliphatic heterocycles. The number of nitrogens with one attached hydrogen (secondary N) is 2. The standard InChI is InChI=1S/C28H33N5O4/c34-28(29-20-11-13-23(14-12-20)37-22-9-5-2-6-10-22)30-24-17-35-27-25(18-36-26(24)27)33-16-21(31-32-33)15-19-7-3-1-4-8-19/h2,5-6,9-14,16,19,24-27H,1,3-4,7-8,15,17-18H2,(H2,29,30,34)/t24-,25-,26+,27+/m0/s1. The summed E-state index contributed by atoms with van der Waals surface area (Å²) in [4.78, 5) is 12.7. The molecule has 0 bridgehead atoms. The highest BCUT2D eigenvalue weighted by Crippen LogP contribution is 2.34. The average Bonchev–Trinajstić information content (AvgIpc) is 3.65. The van der Waals surface area contributed by atoms with Gasteiger partial charge in [0.05, 0.1) is 24.9 Å². The molecular formula is C28H33N5O4. The van der Waals surface area contributed by atoms with Gasteiger partial charge in [-0.1, -0.05) is 55.5 Å². The van der Waals surface area contributed by atoms with Crippen LogP contribution < -0.4 is 15.4 Å². The van der Waals surface area contributed by atoms with Crippen molar-refractivity contribution in [3.8, 4) is 11.5 Å². The molecule has 9 heteroatoms. The van der Waals surface area contributed by atoms with E-state index in [1.165, 1.54) is 32.1 Å². The van der Waals surface area contributed by atoms with Crippen LogP contribution in [0.25, 0.3) is 0 Å². The fourth-order valence-electron chi connectivity index (χ4n) is 5.65. The lowest BCUT2D eigenvalue weighted by Gasteiger charge is -2.20. The Hall–Kier alpha value is -3.43. The molecule has 2 saturated heterocycles. The first-order chi connectivity index (χ1) is 18.2. The zero-order valence-corrected chi connectivity index (χ0v) is 20.8. The summed E-state index contributed by atoms with van der Waals surface area (Å²) in [5.74, 6) is 2.18. The van der Waals surface area contributed by atoms with E-state index in [9.17, 15) is 4.79 Å². The molecule has 3 aliphatic rings. The van der Waals surface area contributed by atoms with Crippen LogP contribution >= 0.6 is 0 Å². The number of anilines is 1. The summed E-state index contributed by atoms with van der Waals surface area (Å²) >= 11 is 0. The van der Waals surface area contributed by atoms with Gasteiger partial charge in [-0.2, -0.15) is 0 Å². The molecule has 3 heterocycles. The van der Waals surface area contributed by atoms with Crippen molar-refractivity contribution in [2.45, 2.75) is 62.8 Å². The van der Waals surface area contributed by atoms with Crippen LogP contribution in [-0.2, 0) is 15.9 Å². The first-order valence-electron chi connectivity index (χ1n) is 13.3. The number of hydrogen-bond donors (Lipinski definition) is 2. The van der Waals surface area contributed by atoms with E-state index >= 15 is 0 Å². The molecule has 194 valence electrons. The van der Waals surface area contributed by atoms with Crippen molar-refractivity contribution in [1.82, 2.24) is 20.3 Å². The number of hydrogen-bond acceptors (Lipinski definition) is 6. The summed E-state index contributed by atoms with van der Waals surface area (Å²) in [7, 11) is 0. The van der Waals surface area contributed by atoms with Crippen molar-refractivity contribution in [3.05, 3.63) is 66.5 Å². The first kappa shape index (κ1) is 23.9. The monoisotopic (exact) mass is 503 g/mol. The van der Waals surface area contributed by atoms with Gasteiger partial charge in [-0.3, -0.25) is 0 Å². The Balaban J connectivity index is 1.00. The van der Waals surface area contributed by atoms with Crippen molar-refractivity contribution in [3.63, 3.8) is 0 Å². The third kappa shape index (κ3) is 5.62. The third-order valence-corrected chi connectivity index (χ3v) is 7.55. The van der Waals surface area contributed by atoms with E-state index in [4.69, 9.17) is 14.2 Å². The topological polar surface area (TPSA) is 99.5 Å². The number of fused-ring (bicyclic) bond motifs is 1. The molecule has 3 aromatic rings. The van der Waals surface area contributed by atoms with E-state index in [0.29, 0.717) is 30.6 Å². The largest absolute Gasteiger partial charge is 0.457 e. The minimum atomic E-state index is -0.298. The van der Waals surface area contributed by atoms with Crippen LogP contribution in [0.2, 0.25) is 0 Å². The van der Waals surface area contributed by atoms with Gasteiger partial charge in [0.25, 0.3) is 0 Å². The Kier molecular flexibility index (Phi) is 7.05. The molecule has 0 unspecified atom stereocenters. The van der Waals surface area contributed by atoms with Gasteiger partial charge in [-0.25, -0.2) is 9.48 Å². The zero-order chi connectivity index (χ0) is 25.0. The second kappa shape index (κ2) is 10.9. The van der Waals surface area contributed by atoms with E-state index in [1.54, 1.807) is 0 Å². The molecule has 4 atom stereocenters. The number of ether oxygens (including phenoxy) is 3. The lowest BCUT2D eigenvalue weighted by Crippen LogP contribution is -2.45. The molecule has 9 nitrogen and oxygen atoms in total. The number of amides is 2. The second-order valence-corrected chi connectivity index (χ2v) is 10.2. The van der Waals surface area contributed by atoms with E-state index in [0.717, 1.165) is 17.9 Å². The van der Waals surface area contributed by atoms with E-state index in [-0.39, 0.29) is 30.3 Å². The van der Waals surface area contributed by atoms with Gasteiger partial charge >= 0.3 is 6.03 Å². The molecule has 0 radical (unpaired) electrons. The van der Waals surface area contributed by atoms with Crippen LogP contribution in [0.4, 0.5) is 10.5 Å². The summed E-state index contributed by atoms with van der Waals surface area (Å²) in [5.41, 5.74) is 1.72. The number of para-hydroxylation sites is 1. The highest BCUT2D eigenvalue weighted by atomic mass is 16.6. The van der Waals surface area contributed by atoms with Crippen molar-refractivity contribution >= 4 is 11.7 Å². The van der Waals surface area contributed by atoms with E-state index in [1.807, 2.05) is 65.5 Å². The summed E-state index contributed by atoms with van der Waals surface area (Å²) in [6.45, 7) is 0.886. The van der Waals surface area contributed by atoms with Crippen LogP contribution in [-0.4, -0.2) is 52.5 Å².